The molecule has 0 radical (unpaired) electrons. The van der Waals surface area contributed by atoms with Crippen molar-refractivity contribution in [1.82, 2.24) is 0 Å². The first-order chi connectivity index (χ1) is 15.5. The normalized spacial score (nSPS) is 11.5. The Hall–Kier alpha value is -4.46. The van der Waals surface area contributed by atoms with E-state index in [-0.39, 0.29) is 11.3 Å². The van der Waals surface area contributed by atoms with Crippen LogP contribution in [-0.4, -0.2) is 23.9 Å². The number of anilines is 1. The number of rotatable bonds is 8. The summed E-state index contributed by atoms with van der Waals surface area (Å²) in [5.74, 6) is -0.821. The number of nitrogens with zero attached hydrogens (tertiary/aromatic N) is 1. The summed E-state index contributed by atoms with van der Waals surface area (Å²) >= 11 is 0. The molecule has 1 atom stereocenters. The molecule has 0 aliphatic heterocycles. The Morgan fingerprint density at radius 3 is 2.44 bits per heavy atom. The van der Waals surface area contributed by atoms with E-state index < -0.39 is 22.9 Å². The van der Waals surface area contributed by atoms with Gasteiger partial charge in [0.2, 0.25) is 6.10 Å². The van der Waals surface area contributed by atoms with Gasteiger partial charge in [-0.2, -0.15) is 0 Å². The van der Waals surface area contributed by atoms with Crippen LogP contribution in [0.25, 0.3) is 6.08 Å². The lowest BCUT2D eigenvalue weighted by Crippen LogP contribution is -2.25. The van der Waals surface area contributed by atoms with Crippen LogP contribution in [0.15, 0.2) is 84.9 Å². The third-order valence-corrected chi connectivity index (χ3v) is 4.44. The van der Waals surface area contributed by atoms with E-state index in [0.717, 1.165) is 6.08 Å². The summed E-state index contributed by atoms with van der Waals surface area (Å²) in [5, 5.41) is 13.8. The third kappa shape index (κ3) is 5.79. The number of nitro groups is 1. The maximum absolute atomic E-state index is 12.9. The van der Waals surface area contributed by atoms with E-state index in [2.05, 4.69) is 5.32 Å². The summed E-state index contributed by atoms with van der Waals surface area (Å²) in [6.45, 7) is 0. The molecule has 1 N–H and O–H groups in total. The van der Waals surface area contributed by atoms with Crippen LogP contribution in [0.3, 0.4) is 0 Å². The average Bonchev–Trinajstić information content (AvgIpc) is 2.82. The van der Waals surface area contributed by atoms with Crippen molar-refractivity contribution < 1.29 is 24.0 Å². The smallest absolute Gasteiger partial charge is 0.331 e. The first-order valence-corrected chi connectivity index (χ1v) is 9.60. The number of nitro benzene ring substituents is 1. The summed E-state index contributed by atoms with van der Waals surface area (Å²) < 4.78 is 10.6. The van der Waals surface area contributed by atoms with Gasteiger partial charge in [-0.3, -0.25) is 14.9 Å². The zero-order valence-corrected chi connectivity index (χ0v) is 17.1. The Labute approximate surface area is 184 Å². The molecule has 0 aliphatic rings. The molecule has 162 valence electrons. The van der Waals surface area contributed by atoms with Crippen molar-refractivity contribution in [2.75, 3.05) is 12.4 Å². The van der Waals surface area contributed by atoms with E-state index in [1.807, 2.05) is 0 Å². The standard InChI is InChI=1S/C24H20N2O6/c1-31-20-12-7-11-19(16-20)25-24(28)23(18-9-3-2-4-10-18)32-22(27)15-14-17-8-5-6-13-21(17)26(29)30/h2-16,23H,1H3,(H,25,28)/b15-14+. The first kappa shape index (κ1) is 22.2. The zero-order chi connectivity index (χ0) is 22.9. The molecule has 0 aliphatic carbocycles. The van der Waals surface area contributed by atoms with E-state index in [9.17, 15) is 19.7 Å². The molecule has 0 spiro atoms. The van der Waals surface area contributed by atoms with Crippen LogP contribution in [0.4, 0.5) is 11.4 Å². The largest absolute Gasteiger partial charge is 0.497 e. The maximum Gasteiger partial charge on any atom is 0.331 e. The number of benzene rings is 3. The minimum atomic E-state index is -1.23. The highest BCUT2D eigenvalue weighted by Crippen LogP contribution is 2.23. The average molecular weight is 432 g/mol. The van der Waals surface area contributed by atoms with Gasteiger partial charge >= 0.3 is 5.97 Å². The van der Waals surface area contributed by atoms with Crippen molar-refractivity contribution in [3.05, 3.63) is 106 Å². The number of ether oxygens (including phenoxy) is 2. The fourth-order valence-electron chi connectivity index (χ4n) is 2.92. The molecule has 3 rings (SSSR count). The second-order valence-electron chi connectivity index (χ2n) is 6.60. The topological polar surface area (TPSA) is 108 Å². The molecule has 0 heterocycles. The van der Waals surface area contributed by atoms with Crippen LogP contribution in [0.2, 0.25) is 0 Å². The van der Waals surface area contributed by atoms with Crippen molar-refractivity contribution in [3.63, 3.8) is 0 Å². The summed E-state index contributed by atoms with van der Waals surface area (Å²) in [7, 11) is 1.51. The molecule has 3 aromatic rings. The highest BCUT2D eigenvalue weighted by Gasteiger charge is 2.24. The molecular weight excluding hydrogens is 412 g/mol. The minimum Gasteiger partial charge on any atom is -0.497 e. The van der Waals surface area contributed by atoms with E-state index in [4.69, 9.17) is 9.47 Å². The van der Waals surface area contributed by atoms with Crippen molar-refractivity contribution in [2.45, 2.75) is 6.10 Å². The molecule has 8 nitrogen and oxygen atoms in total. The number of carbonyl (C=O) groups excluding carboxylic acids is 2. The summed E-state index contributed by atoms with van der Waals surface area (Å²) in [5.41, 5.74) is 1.04. The molecule has 0 aromatic heterocycles. The van der Waals surface area contributed by atoms with Crippen molar-refractivity contribution in [2.24, 2.45) is 0 Å². The predicted octanol–water partition coefficient (Wildman–Crippen LogP) is 4.54. The lowest BCUT2D eigenvalue weighted by atomic mass is 10.1. The molecule has 32 heavy (non-hydrogen) atoms. The Morgan fingerprint density at radius 2 is 1.72 bits per heavy atom. The van der Waals surface area contributed by atoms with Gasteiger partial charge in [0.15, 0.2) is 0 Å². The molecule has 1 unspecified atom stereocenters. The molecule has 8 heteroatoms. The highest BCUT2D eigenvalue weighted by atomic mass is 16.6. The number of hydrogen-bond donors (Lipinski definition) is 1. The SMILES string of the molecule is COc1cccc(NC(=O)C(OC(=O)/C=C/c2ccccc2[N+](=O)[O-])c2ccccc2)c1. The number of para-hydroxylation sites is 1. The quantitative estimate of drug-likeness (QED) is 0.242. The summed E-state index contributed by atoms with van der Waals surface area (Å²) in [6, 6.07) is 21.3. The van der Waals surface area contributed by atoms with Crippen molar-refractivity contribution in [1.29, 1.82) is 0 Å². The summed E-state index contributed by atoms with van der Waals surface area (Å²) in [6.07, 6.45) is 1.10. The van der Waals surface area contributed by atoms with Crippen LogP contribution in [0.5, 0.6) is 5.75 Å². The molecule has 0 saturated carbocycles. The predicted molar refractivity (Wildman–Crippen MR) is 119 cm³/mol. The van der Waals surface area contributed by atoms with Gasteiger partial charge < -0.3 is 14.8 Å². The van der Waals surface area contributed by atoms with Crippen LogP contribution in [0, 0.1) is 10.1 Å². The van der Waals surface area contributed by atoms with Crippen LogP contribution >= 0.6 is 0 Å². The van der Waals surface area contributed by atoms with Crippen LogP contribution in [0.1, 0.15) is 17.2 Å². The number of amides is 1. The van der Waals surface area contributed by atoms with E-state index >= 15 is 0 Å². The number of methoxy groups -OCH3 is 1. The number of hydrogen-bond acceptors (Lipinski definition) is 6. The highest BCUT2D eigenvalue weighted by molar-refractivity contribution is 5.97. The van der Waals surface area contributed by atoms with Gasteiger partial charge in [0, 0.05) is 29.5 Å². The number of nitrogens with one attached hydrogen (secondary N) is 1. The van der Waals surface area contributed by atoms with Gasteiger partial charge in [-0.05, 0) is 24.3 Å². The van der Waals surface area contributed by atoms with E-state index in [1.165, 1.54) is 31.4 Å². The van der Waals surface area contributed by atoms with Crippen molar-refractivity contribution >= 4 is 29.3 Å². The monoisotopic (exact) mass is 432 g/mol. The van der Waals surface area contributed by atoms with Gasteiger partial charge in [0.1, 0.15) is 5.75 Å². The second kappa shape index (κ2) is 10.5. The van der Waals surface area contributed by atoms with Crippen LogP contribution in [-0.2, 0) is 14.3 Å². The molecule has 0 saturated heterocycles. The Morgan fingerprint density at radius 1 is 1.00 bits per heavy atom. The fourth-order valence-corrected chi connectivity index (χ4v) is 2.92. The fraction of sp³-hybridized carbons (Fsp3) is 0.0833. The number of carbonyl (C=O) groups is 2. The second-order valence-corrected chi connectivity index (χ2v) is 6.60. The number of esters is 1. The van der Waals surface area contributed by atoms with E-state index in [1.54, 1.807) is 60.7 Å². The zero-order valence-electron chi connectivity index (χ0n) is 17.1. The Kier molecular flexibility index (Phi) is 7.32. The lowest BCUT2D eigenvalue weighted by molar-refractivity contribution is -0.385. The lowest BCUT2D eigenvalue weighted by Gasteiger charge is -2.17. The summed E-state index contributed by atoms with van der Waals surface area (Å²) in [4.78, 5) is 36.0. The van der Waals surface area contributed by atoms with Gasteiger partial charge in [-0.1, -0.05) is 48.5 Å². The van der Waals surface area contributed by atoms with E-state index in [0.29, 0.717) is 17.0 Å². The van der Waals surface area contributed by atoms with Gasteiger partial charge in [0.25, 0.3) is 11.6 Å². The van der Waals surface area contributed by atoms with Crippen LogP contribution < -0.4 is 10.1 Å². The van der Waals surface area contributed by atoms with Crippen molar-refractivity contribution in [3.8, 4) is 5.75 Å². The van der Waals surface area contributed by atoms with Gasteiger partial charge in [-0.15, -0.1) is 0 Å². The Balaban J connectivity index is 1.80. The Bertz CT molecular complexity index is 1140. The molecule has 3 aromatic carbocycles. The maximum atomic E-state index is 12.9. The molecular formula is C24H20N2O6. The van der Waals surface area contributed by atoms with Gasteiger partial charge in [0.05, 0.1) is 17.6 Å². The third-order valence-electron chi connectivity index (χ3n) is 4.44. The minimum absolute atomic E-state index is 0.146. The first-order valence-electron chi connectivity index (χ1n) is 9.60. The molecule has 0 fully saturated rings. The molecule has 1 amide bonds. The van der Waals surface area contributed by atoms with Gasteiger partial charge in [-0.25, -0.2) is 4.79 Å². The molecule has 0 bridgehead atoms.